The van der Waals surface area contributed by atoms with Gasteiger partial charge in [0.25, 0.3) is 0 Å². The molecule has 0 saturated heterocycles. The first kappa shape index (κ1) is 24.5. The molecule has 0 saturated carbocycles. The highest BCUT2D eigenvalue weighted by Gasteiger charge is 2.22. The maximum absolute atomic E-state index is 11.4. The molecule has 6 nitrogen and oxygen atoms in total. The molecule has 2 aliphatic rings. The van der Waals surface area contributed by atoms with E-state index in [1.54, 1.807) is 0 Å². The number of nitrogens with zero attached hydrogens (tertiary/aromatic N) is 2. The number of carboxylic acid groups (broad SMARTS) is 1. The molecule has 170 valence electrons. The zero-order chi connectivity index (χ0) is 21.9. The average Bonchev–Trinajstić information content (AvgIpc) is 2.89. The van der Waals surface area contributed by atoms with Crippen LogP contribution >= 0.6 is 0 Å². The molecule has 0 aliphatic heterocycles. The maximum atomic E-state index is 11.4. The quantitative estimate of drug-likeness (QED) is 0.431. The van der Waals surface area contributed by atoms with Crippen molar-refractivity contribution in [1.29, 1.82) is 0 Å². The molecule has 0 unspecified atom stereocenters. The summed E-state index contributed by atoms with van der Waals surface area (Å²) in [5, 5.41) is 30.0. The molecule has 0 aromatic carbocycles. The van der Waals surface area contributed by atoms with E-state index in [2.05, 4.69) is 24.8 Å². The molecule has 0 bridgehead atoms. The monoisotopic (exact) mass is 420 g/mol. The summed E-state index contributed by atoms with van der Waals surface area (Å²) < 4.78 is 0. The predicted molar refractivity (Wildman–Crippen MR) is 121 cm³/mol. The first-order valence-corrected chi connectivity index (χ1v) is 11.5. The molecule has 6 heteroatoms. The van der Waals surface area contributed by atoms with Crippen LogP contribution in [0.1, 0.15) is 58.8 Å². The minimum absolute atomic E-state index is 0.0444. The van der Waals surface area contributed by atoms with Crippen LogP contribution in [0.2, 0.25) is 0 Å². The van der Waals surface area contributed by atoms with Crippen LogP contribution < -0.4 is 0 Å². The van der Waals surface area contributed by atoms with Crippen LogP contribution in [0.4, 0.5) is 0 Å². The number of carboxylic acids is 1. The molecule has 1 atom stereocenters. The summed E-state index contributed by atoms with van der Waals surface area (Å²) in [5.41, 5.74) is 0.829. The standard InChI is InChI=1S/C24H40N2O4/c1-19(2)12-13-25(16-20-9-6-7-11-23(20)28)14-15-26(18-24(29)30)17-21-8-4-3-5-10-22(21)27/h4,8,11,19-20,27-28H,3,5-7,9-10,12-18H2,1-2H3,(H,29,30)/t20-/m0/s1. The third-order valence-corrected chi connectivity index (χ3v) is 5.99. The highest BCUT2D eigenvalue weighted by atomic mass is 16.4. The minimum atomic E-state index is -0.853. The van der Waals surface area contributed by atoms with Crippen molar-refractivity contribution >= 4 is 5.97 Å². The fourth-order valence-electron chi connectivity index (χ4n) is 4.10. The fourth-order valence-corrected chi connectivity index (χ4v) is 4.10. The fraction of sp³-hybridized carbons (Fsp3) is 0.708. The van der Waals surface area contributed by atoms with Crippen molar-refractivity contribution in [2.75, 3.05) is 39.3 Å². The Labute approximate surface area is 181 Å². The van der Waals surface area contributed by atoms with Crippen LogP contribution in [0.3, 0.4) is 0 Å². The highest BCUT2D eigenvalue weighted by Crippen LogP contribution is 2.24. The number of carbonyl (C=O) groups is 1. The summed E-state index contributed by atoms with van der Waals surface area (Å²) in [4.78, 5) is 15.7. The topological polar surface area (TPSA) is 84.2 Å². The summed E-state index contributed by atoms with van der Waals surface area (Å²) in [6, 6.07) is 0. The molecule has 0 radical (unpaired) electrons. The van der Waals surface area contributed by atoms with Crippen molar-refractivity contribution in [3.05, 3.63) is 35.3 Å². The van der Waals surface area contributed by atoms with E-state index in [4.69, 9.17) is 0 Å². The third kappa shape index (κ3) is 8.92. The second-order valence-electron chi connectivity index (χ2n) is 9.11. The van der Waals surface area contributed by atoms with E-state index in [1.165, 1.54) is 0 Å². The Hall–Kier alpha value is -1.79. The smallest absolute Gasteiger partial charge is 0.317 e. The lowest BCUT2D eigenvalue weighted by molar-refractivity contribution is -0.138. The molecule has 0 amide bonds. The van der Waals surface area contributed by atoms with Gasteiger partial charge < -0.3 is 20.2 Å². The van der Waals surface area contributed by atoms with Gasteiger partial charge in [-0.2, -0.15) is 0 Å². The Balaban J connectivity index is 2.02. The number of aliphatic hydroxyl groups excluding tert-OH is 2. The molecule has 0 spiro atoms. The van der Waals surface area contributed by atoms with Crippen LogP contribution in [-0.4, -0.2) is 70.4 Å². The number of hydrogen-bond donors (Lipinski definition) is 3. The Morgan fingerprint density at radius 3 is 2.60 bits per heavy atom. The number of allylic oxidation sites excluding steroid dienone is 3. The molecule has 0 fully saturated rings. The van der Waals surface area contributed by atoms with E-state index in [1.807, 2.05) is 17.1 Å². The summed E-state index contributed by atoms with van der Waals surface area (Å²) >= 11 is 0. The summed E-state index contributed by atoms with van der Waals surface area (Å²) in [6.45, 7) is 7.94. The Bertz CT molecular complexity index is 639. The van der Waals surface area contributed by atoms with Gasteiger partial charge in [0.2, 0.25) is 0 Å². The molecule has 3 N–H and O–H groups in total. The summed E-state index contributed by atoms with van der Waals surface area (Å²) in [5.74, 6) is 0.811. The van der Waals surface area contributed by atoms with Crippen molar-refractivity contribution in [1.82, 2.24) is 9.80 Å². The maximum Gasteiger partial charge on any atom is 0.317 e. The van der Waals surface area contributed by atoms with Gasteiger partial charge in [-0.1, -0.05) is 26.0 Å². The van der Waals surface area contributed by atoms with Gasteiger partial charge in [0.15, 0.2) is 0 Å². The predicted octanol–water partition coefficient (Wildman–Crippen LogP) is 4.52. The van der Waals surface area contributed by atoms with Crippen molar-refractivity contribution < 1.29 is 20.1 Å². The van der Waals surface area contributed by atoms with Gasteiger partial charge in [0.1, 0.15) is 0 Å². The largest absolute Gasteiger partial charge is 0.512 e. The molecule has 30 heavy (non-hydrogen) atoms. The molecule has 0 aromatic heterocycles. The van der Waals surface area contributed by atoms with Crippen molar-refractivity contribution in [3.63, 3.8) is 0 Å². The van der Waals surface area contributed by atoms with Crippen molar-refractivity contribution in [2.24, 2.45) is 11.8 Å². The molecular weight excluding hydrogens is 380 g/mol. The van der Waals surface area contributed by atoms with Crippen LogP contribution in [0.25, 0.3) is 0 Å². The van der Waals surface area contributed by atoms with Crippen molar-refractivity contribution in [3.8, 4) is 0 Å². The zero-order valence-corrected chi connectivity index (χ0v) is 18.7. The van der Waals surface area contributed by atoms with E-state index in [9.17, 15) is 20.1 Å². The van der Waals surface area contributed by atoms with Crippen LogP contribution in [0.5, 0.6) is 0 Å². The molecule has 0 aromatic rings. The lowest BCUT2D eigenvalue weighted by Gasteiger charge is -2.31. The second kappa shape index (κ2) is 12.8. The Morgan fingerprint density at radius 1 is 1.13 bits per heavy atom. The second-order valence-corrected chi connectivity index (χ2v) is 9.11. The Morgan fingerprint density at radius 2 is 1.90 bits per heavy atom. The third-order valence-electron chi connectivity index (χ3n) is 5.99. The van der Waals surface area contributed by atoms with E-state index < -0.39 is 5.97 Å². The lowest BCUT2D eigenvalue weighted by atomic mass is 9.93. The number of aliphatic carboxylic acids is 1. The van der Waals surface area contributed by atoms with Gasteiger partial charge in [-0.3, -0.25) is 9.69 Å². The zero-order valence-electron chi connectivity index (χ0n) is 18.7. The minimum Gasteiger partial charge on any atom is -0.512 e. The first-order chi connectivity index (χ1) is 14.3. The SMILES string of the molecule is CC(C)CCN(CCN(CC(=O)O)CC1=C(O)CCCC=C1)C[C@@H]1CCCC=C1O. The highest BCUT2D eigenvalue weighted by molar-refractivity contribution is 5.69. The van der Waals surface area contributed by atoms with Gasteiger partial charge in [-0.15, -0.1) is 0 Å². The molecule has 2 rings (SSSR count). The number of aliphatic hydroxyl groups is 2. The molecule has 2 aliphatic carbocycles. The van der Waals surface area contributed by atoms with Crippen LogP contribution in [0, 0.1) is 11.8 Å². The number of hydrogen-bond acceptors (Lipinski definition) is 5. The van der Waals surface area contributed by atoms with E-state index in [0.717, 1.165) is 63.7 Å². The van der Waals surface area contributed by atoms with Gasteiger partial charge in [0.05, 0.1) is 18.1 Å². The first-order valence-electron chi connectivity index (χ1n) is 11.5. The Kier molecular flexibility index (Phi) is 10.4. The lowest BCUT2D eigenvalue weighted by Crippen LogP contribution is -2.41. The van der Waals surface area contributed by atoms with Gasteiger partial charge in [-0.05, 0) is 57.1 Å². The van der Waals surface area contributed by atoms with E-state index in [0.29, 0.717) is 36.9 Å². The average molecular weight is 421 g/mol. The summed E-state index contributed by atoms with van der Waals surface area (Å²) in [7, 11) is 0. The number of rotatable bonds is 12. The summed E-state index contributed by atoms with van der Waals surface area (Å²) in [6.07, 6.45) is 12.6. The molecule has 0 heterocycles. The van der Waals surface area contributed by atoms with Crippen LogP contribution in [-0.2, 0) is 4.79 Å². The van der Waals surface area contributed by atoms with Gasteiger partial charge in [0, 0.05) is 44.1 Å². The van der Waals surface area contributed by atoms with Crippen LogP contribution in [0.15, 0.2) is 35.3 Å². The van der Waals surface area contributed by atoms with Crippen molar-refractivity contribution in [2.45, 2.75) is 58.8 Å². The molecular formula is C24H40N2O4. The van der Waals surface area contributed by atoms with E-state index >= 15 is 0 Å². The van der Waals surface area contributed by atoms with Gasteiger partial charge >= 0.3 is 5.97 Å². The normalized spacial score (nSPS) is 20.2. The van der Waals surface area contributed by atoms with E-state index in [-0.39, 0.29) is 12.5 Å². The van der Waals surface area contributed by atoms with Gasteiger partial charge in [-0.25, -0.2) is 0 Å².